The van der Waals surface area contributed by atoms with Gasteiger partial charge in [0.15, 0.2) is 0 Å². The van der Waals surface area contributed by atoms with Gasteiger partial charge in [-0.2, -0.15) is 4.73 Å². The van der Waals surface area contributed by atoms with Gasteiger partial charge < -0.3 is 14.7 Å². The number of carboxylic acid groups (broad SMARTS) is 1. The van der Waals surface area contributed by atoms with E-state index >= 15 is 0 Å². The van der Waals surface area contributed by atoms with E-state index in [1.807, 2.05) is 0 Å². The van der Waals surface area contributed by atoms with Crippen molar-refractivity contribution in [3.63, 3.8) is 0 Å². The third-order valence-electron chi connectivity index (χ3n) is 3.42. The second kappa shape index (κ2) is 5.09. The summed E-state index contributed by atoms with van der Waals surface area (Å²) in [4.78, 5) is 21.3. The molecule has 1 N–H and O–H groups in total. The first-order valence-corrected chi connectivity index (χ1v) is 6.53. The third-order valence-corrected chi connectivity index (χ3v) is 3.42. The summed E-state index contributed by atoms with van der Waals surface area (Å²) in [6, 6.07) is 8.64. The lowest BCUT2D eigenvalue weighted by Crippen LogP contribution is -2.35. The van der Waals surface area contributed by atoms with E-state index in [2.05, 4.69) is 0 Å². The van der Waals surface area contributed by atoms with Crippen LogP contribution in [0.2, 0.25) is 0 Å². The zero-order valence-electron chi connectivity index (χ0n) is 11.8. The molecule has 8 heteroatoms. The molecule has 0 saturated heterocycles. The lowest BCUT2D eigenvalue weighted by molar-refractivity contribution is -0.580. The van der Waals surface area contributed by atoms with Gasteiger partial charge >= 0.3 is 17.5 Å². The number of carbonyl (C=O) groups is 1. The third kappa shape index (κ3) is 2.35. The van der Waals surface area contributed by atoms with E-state index in [9.17, 15) is 25.2 Å². The summed E-state index contributed by atoms with van der Waals surface area (Å²) in [7, 11) is 0. The van der Waals surface area contributed by atoms with Gasteiger partial charge in [-0.3, -0.25) is 10.1 Å². The van der Waals surface area contributed by atoms with Gasteiger partial charge in [-0.1, -0.05) is 6.07 Å². The molecule has 116 valence electrons. The maximum absolute atomic E-state index is 12.2. The fraction of sp³-hybridized carbons (Fsp3) is 0.0667. The minimum Gasteiger partial charge on any atom is -0.618 e. The number of pyridine rings is 1. The van der Waals surface area contributed by atoms with Crippen LogP contribution in [-0.2, 0) is 0 Å². The van der Waals surface area contributed by atoms with E-state index in [0.717, 1.165) is 11.6 Å². The van der Waals surface area contributed by atoms with Gasteiger partial charge in [0.25, 0.3) is 0 Å². The largest absolute Gasteiger partial charge is 0.618 e. The molecule has 2 heterocycles. The number of carboxylic acids is 1. The Kier molecular flexibility index (Phi) is 3.21. The van der Waals surface area contributed by atoms with Crippen molar-refractivity contribution in [2.75, 3.05) is 0 Å². The van der Waals surface area contributed by atoms with Crippen molar-refractivity contribution >= 4 is 22.8 Å². The minimum atomic E-state index is -1.40. The van der Waals surface area contributed by atoms with Gasteiger partial charge in [0, 0.05) is 17.7 Å². The Bertz CT molecular complexity index is 960. The molecule has 3 aromatic rings. The zero-order chi connectivity index (χ0) is 16.7. The Morgan fingerprint density at radius 2 is 2.00 bits per heavy atom. The molecule has 0 spiro atoms. The molecule has 0 aliphatic heterocycles. The minimum absolute atomic E-state index is 0.119. The van der Waals surface area contributed by atoms with Crippen LogP contribution in [0.25, 0.3) is 22.2 Å². The van der Waals surface area contributed by atoms with Gasteiger partial charge in [0.2, 0.25) is 5.52 Å². The second-order valence-corrected chi connectivity index (χ2v) is 4.96. The average molecular weight is 314 g/mol. The first kappa shape index (κ1) is 14.5. The summed E-state index contributed by atoms with van der Waals surface area (Å²) < 4.78 is 5.47. The van der Waals surface area contributed by atoms with Crippen molar-refractivity contribution in [2.24, 2.45) is 0 Å². The van der Waals surface area contributed by atoms with Crippen LogP contribution in [0.3, 0.4) is 0 Å². The number of hydrogen-bond donors (Lipinski definition) is 1. The molecule has 0 radical (unpaired) electrons. The molecule has 8 nitrogen and oxygen atoms in total. The van der Waals surface area contributed by atoms with E-state index < -0.39 is 22.5 Å². The van der Waals surface area contributed by atoms with Gasteiger partial charge in [0.05, 0.1) is 11.5 Å². The molecule has 1 aromatic carbocycles. The summed E-state index contributed by atoms with van der Waals surface area (Å²) >= 11 is 0. The van der Waals surface area contributed by atoms with Crippen LogP contribution in [0, 0.1) is 22.2 Å². The van der Waals surface area contributed by atoms with Crippen LogP contribution in [0.1, 0.15) is 16.1 Å². The summed E-state index contributed by atoms with van der Waals surface area (Å²) in [6.07, 6.45) is 0. The van der Waals surface area contributed by atoms with E-state index in [-0.39, 0.29) is 11.3 Å². The fourth-order valence-electron chi connectivity index (χ4n) is 2.36. The molecule has 0 aliphatic rings. The number of aromatic carboxylic acids is 1. The molecule has 0 bridgehead atoms. The molecular formula is C15H10N2O6. The van der Waals surface area contributed by atoms with Crippen molar-refractivity contribution in [3.8, 4) is 11.3 Å². The summed E-state index contributed by atoms with van der Waals surface area (Å²) in [6.45, 7) is 1.77. The average Bonchev–Trinajstić information content (AvgIpc) is 2.97. The second-order valence-electron chi connectivity index (χ2n) is 4.96. The molecule has 0 saturated carbocycles. The Labute approximate surface area is 128 Å². The molecule has 23 heavy (non-hydrogen) atoms. The quantitative estimate of drug-likeness (QED) is 0.343. The highest BCUT2D eigenvalue weighted by Crippen LogP contribution is 2.32. The Balaban J connectivity index is 2.36. The van der Waals surface area contributed by atoms with Gasteiger partial charge in [0.1, 0.15) is 10.7 Å². The highest BCUT2D eigenvalue weighted by molar-refractivity contribution is 5.96. The number of nitro groups is 1. The number of aryl methyl sites for hydroxylation is 1. The van der Waals surface area contributed by atoms with Crippen LogP contribution < -0.4 is 4.73 Å². The Hall–Kier alpha value is -3.42. The first-order chi connectivity index (χ1) is 10.9. The number of benzene rings is 1. The number of fused-ring (bicyclic) bond motifs is 1. The maximum Gasteiger partial charge on any atom is 0.433 e. The highest BCUT2D eigenvalue weighted by Gasteiger charge is 2.24. The number of aromatic nitrogens is 1. The zero-order valence-corrected chi connectivity index (χ0v) is 11.8. The van der Waals surface area contributed by atoms with Crippen LogP contribution in [0.15, 0.2) is 40.8 Å². The van der Waals surface area contributed by atoms with E-state index in [1.165, 1.54) is 12.1 Å². The smallest absolute Gasteiger partial charge is 0.433 e. The predicted octanol–water partition coefficient (Wildman–Crippen LogP) is 2.65. The van der Waals surface area contributed by atoms with Crippen molar-refractivity contribution in [1.29, 1.82) is 0 Å². The van der Waals surface area contributed by atoms with E-state index in [0.29, 0.717) is 15.7 Å². The van der Waals surface area contributed by atoms with E-state index in [4.69, 9.17) is 4.42 Å². The Morgan fingerprint density at radius 1 is 1.26 bits per heavy atom. The SMILES string of the molecule is Cc1ccc2c(-c3ccc([N+](=O)[O-])o3)cc(C(=O)O)[n+]([O-])c2c1. The fourth-order valence-corrected chi connectivity index (χ4v) is 2.36. The number of rotatable bonds is 3. The number of furan rings is 1. The lowest BCUT2D eigenvalue weighted by Gasteiger charge is -2.09. The molecular weight excluding hydrogens is 304 g/mol. The predicted molar refractivity (Wildman–Crippen MR) is 79.0 cm³/mol. The van der Waals surface area contributed by atoms with Crippen LogP contribution in [-0.4, -0.2) is 16.0 Å². The standard InChI is InChI=1S/C15H10N2O6/c1-8-2-3-9-10(13-4-5-14(23-13)17(21)22)7-12(15(18)19)16(20)11(9)6-8/h2-7H,1H3,(H,18,19). The van der Waals surface area contributed by atoms with Crippen LogP contribution >= 0.6 is 0 Å². The van der Waals surface area contributed by atoms with Gasteiger partial charge in [-0.15, -0.1) is 0 Å². The highest BCUT2D eigenvalue weighted by atomic mass is 16.6. The van der Waals surface area contributed by atoms with Crippen LogP contribution in [0.4, 0.5) is 5.88 Å². The van der Waals surface area contributed by atoms with Crippen molar-refractivity contribution < 1.29 is 24.0 Å². The Morgan fingerprint density at radius 3 is 2.61 bits per heavy atom. The molecule has 2 aromatic heterocycles. The van der Waals surface area contributed by atoms with Crippen LogP contribution in [0.5, 0.6) is 0 Å². The summed E-state index contributed by atoms with van der Waals surface area (Å²) in [5.41, 5.74) is 0.745. The molecule has 0 aliphatic carbocycles. The van der Waals surface area contributed by atoms with E-state index in [1.54, 1.807) is 25.1 Å². The molecule has 3 rings (SSSR count). The number of nitrogens with zero attached hydrogens (tertiary/aromatic N) is 2. The maximum atomic E-state index is 12.2. The summed E-state index contributed by atoms with van der Waals surface area (Å²) in [5.74, 6) is -1.74. The monoisotopic (exact) mass is 314 g/mol. The molecule has 0 unspecified atom stereocenters. The van der Waals surface area contributed by atoms with Gasteiger partial charge in [-0.05, 0) is 24.6 Å². The molecule has 0 fully saturated rings. The van der Waals surface area contributed by atoms with Crippen molar-refractivity contribution in [3.05, 3.63) is 63.0 Å². The molecule has 0 atom stereocenters. The van der Waals surface area contributed by atoms with Gasteiger partial charge in [-0.25, -0.2) is 4.79 Å². The van der Waals surface area contributed by atoms with Crippen molar-refractivity contribution in [1.82, 2.24) is 0 Å². The molecule has 0 amide bonds. The first-order valence-electron chi connectivity index (χ1n) is 6.53. The normalized spacial score (nSPS) is 10.8. The number of hydrogen-bond acceptors (Lipinski definition) is 5. The lowest BCUT2D eigenvalue weighted by atomic mass is 10.0. The van der Waals surface area contributed by atoms with Crippen molar-refractivity contribution in [2.45, 2.75) is 6.92 Å². The topological polar surface area (TPSA) is 121 Å². The summed E-state index contributed by atoms with van der Waals surface area (Å²) in [5, 5.41) is 32.6.